The minimum Gasteiger partial charge on any atom is -0.446 e. The summed E-state index contributed by atoms with van der Waals surface area (Å²) in [6.07, 6.45) is -4.39. The van der Waals surface area contributed by atoms with Gasteiger partial charge < -0.3 is 9.64 Å². The molecule has 108 valence electrons. The first-order chi connectivity index (χ1) is 8.07. The molecule has 0 saturated heterocycles. The van der Waals surface area contributed by atoms with Gasteiger partial charge >= 0.3 is 21.5 Å². The second-order valence-electron chi connectivity index (χ2n) is 3.25. The Morgan fingerprint density at radius 2 is 1.83 bits per heavy atom. The standard InChI is InChI=1S/C8H14F3NO5S/c1-3-12(4-2)7(13)17-5-6(9)8(10,11)18(14,15)16/h6H,3-5H2,1-2H3,(H,14,15,16). The van der Waals surface area contributed by atoms with Gasteiger partial charge in [-0.05, 0) is 13.8 Å². The highest BCUT2D eigenvalue weighted by molar-refractivity contribution is 7.86. The largest absolute Gasteiger partial charge is 0.446 e. The van der Waals surface area contributed by atoms with Crippen LogP contribution in [-0.2, 0) is 14.9 Å². The molecule has 0 fully saturated rings. The lowest BCUT2D eigenvalue weighted by molar-refractivity contribution is -0.0341. The van der Waals surface area contributed by atoms with Gasteiger partial charge in [0.25, 0.3) is 0 Å². The molecule has 0 aliphatic carbocycles. The van der Waals surface area contributed by atoms with Crippen LogP contribution in [-0.4, -0.2) is 55.1 Å². The van der Waals surface area contributed by atoms with E-state index in [-0.39, 0.29) is 13.1 Å². The normalized spacial score (nSPS) is 14.1. The summed E-state index contributed by atoms with van der Waals surface area (Å²) in [5.74, 6) is 0. The van der Waals surface area contributed by atoms with Gasteiger partial charge in [0.05, 0.1) is 0 Å². The third-order valence-corrected chi connectivity index (χ3v) is 3.03. The average Bonchev–Trinajstić information content (AvgIpc) is 2.25. The van der Waals surface area contributed by atoms with Gasteiger partial charge in [0.2, 0.25) is 6.17 Å². The molecule has 0 rings (SSSR count). The number of ether oxygens (including phenoxy) is 1. The molecule has 0 aliphatic heterocycles. The number of rotatable bonds is 6. The summed E-state index contributed by atoms with van der Waals surface area (Å²) in [7, 11) is -5.89. The van der Waals surface area contributed by atoms with Crippen LogP contribution in [0.2, 0.25) is 0 Å². The third kappa shape index (κ3) is 4.02. The van der Waals surface area contributed by atoms with Crippen molar-refractivity contribution >= 4 is 16.2 Å². The summed E-state index contributed by atoms with van der Waals surface area (Å²) in [5.41, 5.74) is 0. The van der Waals surface area contributed by atoms with E-state index < -0.39 is 34.2 Å². The number of halogens is 3. The molecule has 1 atom stereocenters. The molecule has 18 heavy (non-hydrogen) atoms. The Morgan fingerprint density at radius 3 is 2.17 bits per heavy atom. The van der Waals surface area contributed by atoms with Crippen molar-refractivity contribution in [3.63, 3.8) is 0 Å². The Labute approximate surface area is 102 Å². The van der Waals surface area contributed by atoms with E-state index in [2.05, 4.69) is 4.74 Å². The summed E-state index contributed by atoms with van der Waals surface area (Å²) >= 11 is 0. The van der Waals surface area contributed by atoms with Crippen LogP contribution in [0.5, 0.6) is 0 Å². The van der Waals surface area contributed by atoms with Gasteiger partial charge in [0.15, 0.2) is 0 Å². The zero-order valence-electron chi connectivity index (χ0n) is 9.77. The van der Waals surface area contributed by atoms with Crippen LogP contribution in [0.4, 0.5) is 18.0 Å². The Morgan fingerprint density at radius 1 is 1.39 bits per heavy atom. The van der Waals surface area contributed by atoms with Crippen molar-refractivity contribution in [3.05, 3.63) is 0 Å². The third-order valence-electron chi connectivity index (χ3n) is 2.08. The van der Waals surface area contributed by atoms with Gasteiger partial charge in [0, 0.05) is 13.1 Å². The molecule has 10 heteroatoms. The van der Waals surface area contributed by atoms with E-state index in [1.54, 1.807) is 13.8 Å². The molecule has 0 heterocycles. The first kappa shape index (κ1) is 17.0. The predicted molar refractivity (Wildman–Crippen MR) is 55.7 cm³/mol. The SMILES string of the molecule is CCN(CC)C(=O)OCC(F)C(F)(F)S(=O)(=O)O. The van der Waals surface area contributed by atoms with E-state index in [0.29, 0.717) is 0 Å². The van der Waals surface area contributed by atoms with E-state index in [0.717, 1.165) is 4.90 Å². The second kappa shape index (κ2) is 6.23. The van der Waals surface area contributed by atoms with Gasteiger partial charge in [-0.25, -0.2) is 9.18 Å². The molecule has 0 spiro atoms. The minimum absolute atomic E-state index is 0.223. The number of carbonyl (C=O) groups excluding carboxylic acids is 1. The van der Waals surface area contributed by atoms with Crippen molar-refractivity contribution in [2.75, 3.05) is 19.7 Å². The Bertz CT molecular complexity index is 382. The summed E-state index contributed by atoms with van der Waals surface area (Å²) < 4.78 is 71.1. The quantitative estimate of drug-likeness (QED) is 0.746. The van der Waals surface area contributed by atoms with E-state index in [9.17, 15) is 26.4 Å². The van der Waals surface area contributed by atoms with Crippen molar-refractivity contribution in [2.24, 2.45) is 0 Å². The molecule has 0 saturated carbocycles. The highest BCUT2D eigenvalue weighted by Crippen LogP contribution is 2.27. The fraction of sp³-hybridized carbons (Fsp3) is 0.875. The molecule has 1 N–H and O–H groups in total. The van der Waals surface area contributed by atoms with Crippen molar-refractivity contribution < 1.29 is 35.7 Å². The number of carbonyl (C=O) groups is 1. The van der Waals surface area contributed by atoms with Crippen LogP contribution < -0.4 is 0 Å². The Kier molecular flexibility index (Phi) is 5.87. The first-order valence-electron chi connectivity index (χ1n) is 4.98. The molecule has 0 radical (unpaired) electrons. The minimum atomic E-state index is -5.89. The lowest BCUT2D eigenvalue weighted by Gasteiger charge is -2.21. The number of hydrogen-bond donors (Lipinski definition) is 1. The molecule has 0 aliphatic rings. The maximum absolute atomic E-state index is 12.9. The Balaban J connectivity index is 4.53. The maximum Gasteiger partial charge on any atom is 0.409 e. The molecule has 1 unspecified atom stereocenters. The molecular formula is C8H14F3NO5S. The number of hydrogen-bond acceptors (Lipinski definition) is 4. The number of alkyl halides is 3. The van der Waals surface area contributed by atoms with Gasteiger partial charge in [-0.3, -0.25) is 4.55 Å². The molecule has 6 nitrogen and oxygen atoms in total. The van der Waals surface area contributed by atoms with E-state index >= 15 is 0 Å². The smallest absolute Gasteiger partial charge is 0.409 e. The molecule has 0 aromatic carbocycles. The second-order valence-corrected chi connectivity index (χ2v) is 4.75. The number of nitrogens with zero attached hydrogens (tertiary/aromatic N) is 1. The van der Waals surface area contributed by atoms with Crippen LogP contribution in [0.3, 0.4) is 0 Å². The molecule has 1 amide bonds. The van der Waals surface area contributed by atoms with Gasteiger partial charge in [0.1, 0.15) is 6.61 Å². The molecule has 0 bridgehead atoms. The molecular weight excluding hydrogens is 279 g/mol. The van der Waals surface area contributed by atoms with Gasteiger partial charge in [-0.1, -0.05) is 0 Å². The van der Waals surface area contributed by atoms with E-state index in [4.69, 9.17) is 4.55 Å². The fourth-order valence-corrected chi connectivity index (χ4v) is 1.37. The summed E-state index contributed by atoms with van der Waals surface area (Å²) in [6.45, 7) is 2.15. The summed E-state index contributed by atoms with van der Waals surface area (Å²) in [5, 5.41) is -5.02. The maximum atomic E-state index is 12.9. The van der Waals surface area contributed by atoms with E-state index in [1.807, 2.05) is 0 Å². The van der Waals surface area contributed by atoms with Crippen LogP contribution in [0.25, 0.3) is 0 Å². The van der Waals surface area contributed by atoms with Crippen LogP contribution in [0.1, 0.15) is 13.8 Å². The summed E-state index contributed by atoms with van der Waals surface area (Å²) in [6, 6.07) is 0. The van der Waals surface area contributed by atoms with Crippen LogP contribution >= 0.6 is 0 Å². The lowest BCUT2D eigenvalue weighted by Crippen LogP contribution is -2.42. The van der Waals surface area contributed by atoms with E-state index in [1.165, 1.54) is 0 Å². The highest BCUT2D eigenvalue weighted by atomic mass is 32.2. The average molecular weight is 293 g/mol. The lowest BCUT2D eigenvalue weighted by atomic mass is 10.4. The van der Waals surface area contributed by atoms with Crippen molar-refractivity contribution in [1.29, 1.82) is 0 Å². The van der Waals surface area contributed by atoms with Crippen molar-refractivity contribution in [1.82, 2.24) is 4.90 Å². The number of amides is 1. The van der Waals surface area contributed by atoms with Crippen LogP contribution in [0, 0.1) is 0 Å². The Hall–Kier alpha value is -1.03. The predicted octanol–water partition coefficient (Wildman–Crippen LogP) is 1.28. The zero-order valence-corrected chi connectivity index (χ0v) is 10.6. The topological polar surface area (TPSA) is 83.9 Å². The molecule has 0 aromatic heterocycles. The van der Waals surface area contributed by atoms with Crippen molar-refractivity contribution in [2.45, 2.75) is 25.3 Å². The monoisotopic (exact) mass is 293 g/mol. The van der Waals surface area contributed by atoms with Crippen LogP contribution in [0.15, 0.2) is 0 Å². The van der Waals surface area contributed by atoms with Gasteiger partial charge in [-0.15, -0.1) is 0 Å². The summed E-state index contributed by atoms with van der Waals surface area (Å²) in [4.78, 5) is 12.2. The van der Waals surface area contributed by atoms with Gasteiger partial charge in [-0.2, -0.15) is 17.2 Å². The fourth-order valence-electron chi connectivity index (χ4n) is 0.976. The zero-order chi connectivity index (χ0) is 14.6. The highest BCUT2D eigenvalue weighted by Gasteiger charge is 2.53. The molecule has 0 aromatic rings. The first-order valence-corrected chi connectivity index (χ1v) is 6.42. The van der Waals surface area contributed by atoms with Crippen molar-refractivity contribution in [3.8, 4) is 0 Å².